The standard InChI is InChI=1S/C78H128O10/c1-46(16-25-64(79)80)52-21-24-57-51-42-78(15,88-66(82)27-18-48(3)54-20-23-56-50-41-77(14,86)62-44-68(5,84)35-38-74(62,11)59(50)29-32-71(54,56)8)63-45-69(6,36-39-75(63,12)60(51)30-33-72(52,57)9)87-65(81)26-17-47(2)53-19-22-55-49-40-76(13,85)61-43-67(4,83)34-37-73(61,10)58(49)28-31-70(53,55)7/h46-63,83-86H,16-45H2,1-15H3,(H,79,80)/t46-,47-,48-,49+,50+,51+,52-,53-,54-,55+,56+,57+,58+,59+,60+,61-,62-,63-,67-,68-,69-,70-,71-,72-,73-,74-,75-,76+,77+,78+/m1/s1. The van der Waals surface area contributed by atoms with Crippen molar-refractivity contribution in [2.24, 2.45) is 139 Å². The molecule has 12 saturated carbocycles. The Balaban J connectivity index is 0.725. The molecule has 12 rings (SSSR count). The molecule has 0 saturated heterocycles. The monoisotopic (exact) mass is 1220 g/mol. The van der Waals surface area contributed by atoms with Crippen LogP contribution < -0.4 is 0 Å². The van der Waals surface area contributed by atoms with E-state index in [0.29, 0.717) is 127 Å². The van der Waals surface area contributed by atoms with E-state index in [-0.39, 0.29) is 68.6 Å². The van der Waals surface area contributed by atoms with Crippen molar-refractivity contribution in [1.29, 1.82) is 0 Å². The highest BCUT2D eigenvalue weighted by atomic mass is 16.6. The van der Waals surface area contributed by atoms with Gasteiger partial charge in [-0.05, 0) is 348 Å². The van der Waals surface area contributed by atoms with E-state index in [2.05, 4.69) is 90.0 Å². The third kappa shape index (κ3) is 10.7. The zero-order chi connectivity index (χ0) is 63.8. The van der Waals surface area contributed by atoms with Crippen LogP contribution in [-0.4, -0.2) is 77.0 Å². The Morgan fingerprint density at radius 3 is 1.11 bits per heavy atom. The third-order valence-corrected chi connectivity index (χ3v) is 33.3. The van der Waals surface area contributed by atoms with E-state index in [0.717, 1.165) is 96.3 Å². The summed E-state index contributed by atoms with van der Waals surface area (Å²) in [5.41, 5.74) is -3.99. The number of rotatable bonds is 14. The van der Waals surface area contributed by atoms with Gasteiger partial charge in [0.1, 0.15) is 11.2 Å². The van der Waals surface area contributed by atoms with Crippen LogP contribution in [0.15, 0.2) is 0 Å². The minimum atomic E-state index is -0.798. The average molecular weight is 1230 g/mol. The summed E-state index contributed by atoms with van der Waals surface area (Å²) in [4.78, 5) is 41.4. The van der Waals surface area contributed by atoms with Gasteiger partial charge in [-0.1, -0.05) is 62.3 Å². The summed E-state index contributed by atoms with van der Waals surface area (Å²) in [6, 6.07) is 0. The number of carboxylic acid groups (broad SMARTS) is 1. The largest absolute Gasteiger partial charge is 0.481 e. The topological polar surface area (TPSA) is 171 Å². The lowest BCUT2D eigenvalue weighted by molar-refractivity contribution is -0.240. The molecule has 0 aromatic heterocycles. The van der Waals surface area contributed by atoms with Crippen molar-refractivity contribution in [2.75, 3.05) is 0 Å². The van der Waals surface area contributed by atoms with Crippen LogP contribution in [0, 0.1) is 139 Å². The fraction of sp³-hybridized carbons (Fsp3) is 0.962. The average Bonchev–Trinajstić information content (AvgIpc) is 1.11. The molecule has 0 bridgehead atoms. The van der Waals surface area contributed by atoms with Crippen LogP contribution in [0.1, 0.15) is 296 Å². The number of carbonyl (C=O) groups is 3. The maximum absolute atomic E-state index is 15.0. The maximum Gasteiger partial charge on any atom is 0.306 e. The molecular weight excluding hydrogens is 1100 g/mol. The number of hydrogen-bond donors (Lipinski definition) is 5. The summed E-state index contributed by atoms with van der Waals surface area (Å²) in [5, 5.41) is 56.7. The van der Waals surface area contributed by atoms with E-state index in [1.54, 1.807) is 0 Å². The third-order valence-electron chi connectivity index (χ3n) is 33.3. The van der Waals surface area contributed by atoms with Crippen LogP contribution in [-0.2, 0) is 23.9 Å². The van der Waals surface area contributed by atoms with E-state index in [1.807, 2.05) is 13.8 Å². The first kappa shape index (κ1) is 66.3. The van der Waals surface area contributed by atoms with E-state index in [9.17, 15) is 35.1 Å². The molecule has 88 heavy (non-hydrogen) atoms. The van der Waals surface area contributed by atoms with Crippen LogP contribution in [0.3, 0.4) is 0 Å². The molecule has 12 aliphatic rings. The predicted molar refractivity (Wildman–Crippen MR) is 346 cm³/mol. The van der Waals surface area contributed by atoms with Gasteiger partial charge in [0.2, 0.25) is 0 Å². The molecule has 0 aromatic rings. The Morgan fingerprint density at radius 1 is 0.375 bits per heavy atom. The molecule has 0 aliphatic heterocycles. The highest BCUT2D eigenvalue weighted by Crippen LogP contribution is 2.75. The van der Waals surface area contributed by atoms with Gasteiger partial charge in [-0.15, -0.1) is 0 Å². The van der Waals surface area contributed by atoms with Crippen molar-refractivity contribution in [2.45, 2.75) is 330 Å². The molecule has 500 valence electrons. The first-order valence-electron chi connectivity index (χ1n) is 37.3. The fourth-order valence-electron chi connectivity index (χ4n) is 29.0. The van der Waals surface area contributed by atoms with Crippen molar-refractivity contribution >= 4 is 17.9 Å². The molecule has 0 unspecified atom stereocenters. The summed E-state index contributed by atoms with van der Waals surface area (Å²) < 4.78 is 14.1. The minimum Gasteiger partial charge on any atom is -0.481 e. The van der Waals surface area contributed by atoms with Gasteiger partial charge in [-0.3, -0.25) is 14.4 Å². The van der Waals surface area contributed by atoms with Crippen molar-refractivity contribution < 1.29 is 49.4 Å². The van der Waals surface area contributed by atoms with Gasteiger partial charge in [-0.2, -0.15) is 0 Å². The van der Waals surface area contributed by atoms with Gasteiger partial charge in [0.25, 0.3) is 0 Å². The highest BCUT2D eigenvalue weighted by molar-refractivity contribution is 5.70. The number of fused-ring (bicyclic) bond motifs is 15. The number of ether oxygens (including phenoxy) is 2. The number of esters is 2. The second kappa shape index (κ2) is 22.2. The normalized spacial score (nSPS) is 55.3. The quantitative estimate of drug-likeness (QED) is 0.105. The van der Waals surface area contributed by atoms with E-state index in [4.69, 9.17) is 9.47 Å². The fourth-order valence-corrected chi connectivity index (χ4v) is 29.0. The number of aliphatic carboxylic acids is 1. The van der Waals surface area contributed by atoms with E-state index >= 15 is 4.79 Å². The molecule has 0 amide bonds. The predicted octanol–water partition coefficient (Wildman–Crippen LogP) is 16.7. The Hall–Kier alpha value is -1.75. The Bertz CT molecular complexity index is 2640. The first-order valence-corrected chi connectivity index (χ1v) is 37.3. The number of carbonyl (C=O) groups excluding carboxylic acids is 2. The van der Waals surface area contributed by atoms with Crippen LogP contribution in [0.4, 0.5) is 0 Å². The SMILES string of the molecule is C[C@H](CCC(=O)O[C@]1(C)CC[C@@]2(C)[C@@H](C1)[C@@](C)(OC(=O)CC[C@@H](C)[C@H]1CC[C@H]3[C@@H]4C[C@](C)(O)[C@@H]5C[C@](C)(O)CC[C@]5(C)[C@H]4CC[C@]13C)C[C@@H]1[C@@H]2CC[C@]2(C)[C@@H]([C@H](C)CCC(=O)O)CC[C@@H]12)[C@H]1CC[C@H]2[C@@H]3C[C@](C)(O)[C@@H]4C[C@](C)(O)CC[C@]4(C)[C@H]3CC[C@]12C. The Labute approximate surface area is 533 Å². The second-order valence-corrected chi connectivity index (χ2v) is 38.6. The molecular formula is C78H128O10. The summed E-state index contributed by atoms with van der Waals surface area (Å²) in [6.07, 6.45) is 27.3. The van der Waals surface area contributed by atoms with Gasteiger partial charge in [0.05, 0.1) is 22.4 Å². The lowest BCUT2D eigenvalue weighted by Crippen LogP contribution is -2.64. The van der Waals surface area contributed by atoms with E-state index in [1.165, 1.54) is 51.4 Å². The van der Waals surface area contributed by atoms with Gasteiger partial charge < -0.3 is 35.0 Å². The van der Waals surface area contributed by atoms with Crippen LogP contribution in [0.5, 0.6) is 0 Å². The molecule has 12 aliphatic carbocycles. The molecule has 12 fully saturated rings. The zero-order valence-corrected chi connectivity index (χ0v) is 58.4. The summed E-state index contributed by atoms with van der Waals surface area (Å²) in [5.74, 6) is 6.58. The molecule has 0 heterocycles. The number of aliphatic hydroxyl groups is 4. The lowest BCUT2D eigenvalue weighted by atomic mass is 9.41. The van der Waals surface area contributed by atoms with E-state index < -0.39 is 39.6 Å². The minimum absolute atomic E-state index is 0.0312. The molecule has 5 N–H and O–H groups in total. The van der Waals surface area contributed by atoms with Crippen molar-refractivity contribution in [3.8, 4) is 0 Å². The summed E-state index contributed by atoms with van der Waals surface area (Å²) >= 11 is 0. The Morgan fingerprint density at radius 2 is 0.716 bits per heavy atom. The molecule has 10 nitrogen and oxygen atoms in total. The molecule has 10 heteroatoms. The molecule has 0 radical (unpaired) electrons. The maximum atomic E-state index is 15.0. The lowest BCUT2D eigenvalue weighted by Gasteiger charge is -2.66. The molecule has 30 atom stereocenters. The van der Waals surface area contributed by atoms with Crippen LogP contribution in [0.25, 0.3) is 0 Å². The molecule has 0 aromatic carbocycles. The highest BCUT2D eigenvalue weighted by Gasteiger charge is 2.70. The van der Waals surface area contributed by atoms with Gasteiger partial charge in [0.15, 0.2) is 0 Å². The first-order chi connectivity index (χ1) is 40.8. The number of carboxylic acids is 1. The van der Waals surface area contributed by atoms with Crippen molar-refractivity contribution in [1.82, 2.24) is 0 Å². The van der Waals surface area contributed by atoms with Gasteiger partial charge in [-0.25, -0.2) is 0 Å². The molecule has 0 spiro atoms. The smallest absolute Gasteiger partial charge is 0.306 e. The summed E-state index contributed by atoms with van der Waals surface area (Å²) in [7, 11) is 0. The number of hydrogen-bond acceptors (Lipinski definition) is 9. The Kier molecular flexibility index (Phi) is 16.7. The van der Waals surface area contributed by atoms with Crippen molar-refractivity contribution in [3.63, 3.8) is 0 Å². The second-order valence-electron chi connectivity index (χ2n) is 38.6. The van der Waals surface area contributed by atoms with Crippen molar-refractivity contribution in [3.05, 3.63) is 0 Å². The van der Waals surface area contributed by atoms with Gasteiger partial charge in [0, 0.05) is 25.2 Å². The van der Waals surface area contributed by atoms with Gasteiger partial charge >= 0.3 is 17.9 Å². The zero-order valence-electron chi connectivity index (χ0n) is 58.4. The summed E-state index contributed by atoms with van der Waals surface area (Å²) in [6.45, 7) is 34.8. The van der Waals surface area contributed by atoms with Crippen LogP contribution in [0.2, 0.25) is 0 Å². The van der Waals surface area contributed by atoms with Crippen LogP contribution >= 0.6 is 0 Å².